The summed E-state index contributed by atoms with van der Waals surface area (Å²) in [5, 5.41) is 11.5. The number of dihydropyridines is 1. The Bertz CT molecular complexity index is 540. The molecular weight excluding hydrogens is 272 g/mol. The molecule has 7 nitrogen and oxygen atoms in total. The van der Waals surface area contributed by atoms with Crippen LogP contribution in [0.3, 0.4) is 0 Å². The predicted octanol–water partition coefficient (Wildman–Crippen LogP) is 0.576. The number of nitro groups is 1. The summed E-state index contributed by atoms with van der Waals surface area (Å²) in [5.41, 5.74) is 4.73. The Morgan fingerprint density at radius 1 is 1.52 bits per heavy atom. The molecule has 0 spiro atoms. The van der Waals surface area contributed by atoms with E-state index in [9.17, 15) is 14.9 Å². The Labute approximate surface area is 123 Å². The van der Waals surface area contributed by atoms with Crippen LogP contribution in [0.5, 0.6) is 0 Å². The van der Waals surface area contributed by atoms with Crippen LogP contribution in [0.4, 0.5) is 0 Å². The molecule has 2 fully saturated rings. The van der Waals surface area contributed by atoms with Crippen molar-refractivity contribution < 1.29 is 9.72 Å². The molecule has 21 heavy (non-hydrogen) atoms. The molecule has 1 aliphatic carbocycles. The smallest absolute Gasteiger partial charge is 0.280 e. The summed E-state index contributed by atoms with van der Waals surface area (Å²) >= 11 is 0. The SMILES string of the molecule is CC1([N+](=O)[O-])C(N)=CC=NC1C1CCN(C(=O)C2CC2)C1. The zero-order chi connectivity index (χ0) is 15.2. The number of nitrogens with two attached hydrogens (primary N) is 1. The van der Waals surface area contributed by atoms with Gasteiger partial charge >= 0.3 is 0 Å². The minimum atomic E-state index is -1.38. The minimum absolute atomic E-state index is 0.00778. The second-order valence-electron chi connectivity index (χ2n) is 6.38. The fourth-order valence-electron chi connectivity index (χ4n) is 3.33. The van der Waals surface area contributed by atoms with Crippen molar-refractivity contribution in [2.45, 2.75) is 37.8 Å². The molecule has 0 aromatic rings. The molecule has 0 aromatic carbocycles. The average Bonchev–Trinajstić information content (AvgIpc) is 3.18. The quantitative estimate of drug-likeness (QED) is 0.607. The Kier molecular flexibility index (Phi) is 3.22. The van der Waals surface area contributed by atoms with Crippen LogP contribution in [0.15, 0.2) is 16.8 Å². The van der Waals surface area contributed by atoms with Gasteiger partial charge in [-0.25, -0.2) is 0 Å². The summed E-state index contributed by atoms with van der Waals surface area (Å²) in [5.74, 6) is 0.376. The van der Waals surface area contributed by atoms with Crippen molar-refractivity contribution in [2.24, 2.45) is 22.6 Å². The lowest BCUT2D eigenvalue weighted by Crippen LogP contribution is -2.54. The van der Waals surface area contributed by atoms with E-state index in [2.05, 4.69) is 4.99 Å². The molecule has 114 valence electrons. The molecule has 3 rings (SSSR count). The molecule has 0 aromatic heterocycles. The first-order chi connectivity index (χ1) is 9.94. The molecule has 3 aliphatic rings. The van der Waals surface area contributed by atoms with Crippen LogP contribution in [0.25, 0.3) is 0 Å². The number of rotatable bonds is 3. The summed E-state index contributed by atoms with van der Waals surface area (Å²) in [6.45, 7) is 2.75. The van der Waals surface area contributed by atoms with Crippen molar-refractivity contribution in [3.63, 3.8) is 0 Å². The van der Waals surface area contributed by atoms with Crippen molar-refractivity contribution >= 4 is 12.1 Å². The summed E-state index contributed by atoms with van der Waals surface area (Å²) < 4.78 is 0. The maximum absolute atomic E-state index is 12.1. The summed E-state index contributed by atoms with van der Waals surface area (Å²) in [6, 6.07) is -0.505. The Balaban J connectivity index is 1.77. The highest BCUT2D eigenvalue weighted by atomic mass is 16.6. The molecule has 3 unspecified atom stereocenters. The Hall–Kier alpha value is -1.92. The van der Waals surface area contributed by atoms with Crippen LogP contribution in [0.2, 0.25) is 0 Å². The maximum atomic E-state index is 12.1. The van der Waals surface area contributed by atoms with Crippen LogP contribution >= 0.6 is 0 Å². The predicted molar refractivity (Wildman–Crippen MR) is 77.4 cm³/mol. The van der Waals surface area contributed by atoms with E-state index in [1.54, 1.807) is 6.21 Å². The second kappa shape index (κ2) is 4.82. The maximum Gasteiger partial charge on any atom is 0.280 e. The zero-order valence-electron chi connectivity index (χ0n) is 12.1. The van der Waals surface area contributed by atoms with Gasteiger partial charge in [0.2, 0.25) is 5.91 Å². The van der Waals surface area contributed by atoms with Crippen molar-refractivity contribution in [1.29, 1.82) is 0 Å². The van der Waals surface area contributed by atoms with E-state index in [1.807, 2.05) is 4.90 Å². The number of hydrogen-bond acceptors (Lipinski definition) is 5. The molecule has 2 N–H and O–H groups in total. The number of aliphatic imine (C=N–C) groups is 1. The standard InChI is InChI=1S/C14H20N4O3/c1-14(18(20)21)11(15)4-6-16-12(14)10-5-7-17(8-10)13(19)9-2-3-9/h4,6,9-10,12H,2-3,5,7-8,15H2,1H3. The third kappa shape index (κ3) is 2.20. The topological polar surface area (TPSA) is 102 Å². The monoisotopic (exact) mass is 292 g/mol. The fourth-order valence-corrected chi connectivity index (χ4v) is 3.33. The Morgan fingerprint density at radius 3 is 2.86 bits per heavy atom. The third-order valence-corrected chi connectivity index (χ3v) is 4.95. The summed E-state index contributed by atoms with van der Waals surface area (Å²) in [4.78, 5) is 29.5. The number of likely N-dealkylation sites (tertiary alicyclic amines) is 1. The van der Waals surface area contributed by atoms with Crippen LogP contribution in [-0.4, -0.2) is 46.6 Å². The van der Waals surface area contributed by atoms with E-state index in [0.717, 1.165) is 19.3 Å². The molecule has 0 bridgehead atoms. The van der Waals surface area contributed by atoms with Crippen molar-refractivity contribution in [3.05, 3.63) is 21.9 Å². The first-order valence-corrected chi connectivity index (χ1v) is 7.37. The van der Waals surface area contributed by atoms with Gasteiger partial charge in [0.05, 0.1) is 5.70 Å². The number of carbonyl (C=O) groups is 1. The molecule has 1 saturated heterocycles. The number of hydrogen-bond donors (Lipinski definition) is 1. The van der Waals surface area contributed by atoms with Gasteiger partial charge in [0.25, 0.3) is 5.54 Å². The summed E-state index contributed by atoms with van der Waals surface area (Å²) in [6.07, 6.45) is 5.75. The lowest BCUT2D eigenvalue weighted by atomic mass is 9.79. The van der Waals surface area contributed by atoms with E-state index in [4.69, 9.17) is 5.73 Å². The highest BCUT2D eigenvalue weighted by molar-refractivity contribution is 5.81. The average molecular weight is 292 g/mol. The van der Waals surface area contributed by atoms with Gasteiger partial charge in [0.15, 0.2) is 0 Å². The van der Waals surface area contributed by atoms with E-state index < -0.39 is 11.6 Å². The minimum Gasteiger partial charge on any atom is -0.396 e. The van der Waals surface area contributed by atoms with E-state index in [-0.39, 0.29) is 28.4 Å². The molecule has 0 radical (unpaired) electrons. The van der Waals surface area contributed by atoms with Gasteiger partial charge in [0, 0.05) is 43.0 Å². The highest BCUT2D eigenvalue weighted by Gasteiger charge is 2.54. The highest BCUT2D eigenvalue weighted by Crippen LogP contribution is 2.37. The van der Waals surface area contributed by atoms with Gasteiger partial charge in [0.1, 0.15) is 6.04 Å². The first-order valence-electron chi connectivity index (χ1n) is 7.37. The lowest BCUT2D eigenvalue weighted by Gasteiger charge is -2.33. The fraction of sp³-hybridized carbons (Fsp3) is 0.714. The van der Waals surface area contributed by atoms with Gasteiger partial charge in [-0.3, -0.25) is 19.9 Å². The van der Waals surface area contributed by atoms with Gasteiger partial charge in [-0.1, -0.05) is 0 Å². The van der Waals surface area contributed by atoms with E-state index in [1.165, 1.54) is 13.0 Å². The normalized spacial score (nSPS) is 35.7. The third-order valence-electron chi connectivity index (χ3n) is 4.95. The molecule has 7 heteroatoms. The van der Waals surface area contributed by atoms with Crippen molar-refractivity contribution in [1.82, 2.24) is 4.90 Å². The van der Waals surface area contributed by atoms with Crippen LogP contribution in [0, 0.1) is 22.0 Å². The number of carbonyl (C=O) groups excluding carboxylic acids is 1. The largest absolute Gasteiger partial charge is 0.396 e. The summed E-state index contributed by atoms with van der Waals surface area (Å²) in [7, 11) is 0. The number of allylic oxidation sites excluding steroid dienone is 1. The van der Waals surface area contributed by atoms with Crippen LogP contribution < -0.4 is 5.73 Å². The molecular formula is C14H20N4O3. The molecule has 2 heterocycles. The van der Waals surface area contributed by atoms with Gasteiger partial charge in [-0.15, -0.1) is 0 Å². The van der Waals surface area contributed by atoms with Gasteiger partial charge < -0.3 is 10.6 Å². The van der Waals surface area contributed by atoms with Crippen molar-refractivity contribution in [2.75, 3.05) is 13.1 Å². The van der Waals surface area contributed by atoms with Crippen molar-refractivity contribution in [3.8, 4) is 0 Å². The first kappa shape index (κ1) is 14.0. The molecule has 1 amide bonds. The van der Waals surface area contributed by atoms with E-state index in [0.29, 0.717) is 13.1 Å². The van der Waals surface area contributed by atoms with Gasteiger partial charge in [-0.2, -0.15) is 0 Å². The molecule has 1 saturated carbocycles. The van der Waals surface area contributed by atoms with Crippen LogP contribution in [-0.2, 0) is 4.79 Å². The number of nitrogens with zero attached hydrogens (tertiary/aromatic N) is 3. The lowest BCUT2D eigenvalue weighted by molar-refractivity contribution is -0.559. The van der Waals surface area contributed by atoms with E-state index >= 15 is 0 Å². The molecule has 3 atom stereocenters. The number of amides is 1. The zero-order valence-corrected chi connectivity index (χ0v) is 12.1. The Morgan fingerprint density at radius 2 is 2.24 bits per heavy atom. The molecule has 2 aliphatic heterocycles. The second-order valence-corrected chi connectivity index (χ2v) is 6.38. The van der Waals surface area contributed by atoms with Crippen LogP contribution in [0.1, 0.15) is 26.2 Å². The van der Waals surface area contributed by atoms with Gasteiger partial charge in [-0.05, 0) is 25.3 Å².